The van der Waals surface area contributed by atoms with Crippen LogP contribution in [0.25, 0.3) is 0 Å². The van der Waals surface area contributed by atoms with E-state index in [2.05, 4.69) is 5.32 Å². The Kier molecular flexibility index (Phi) is 6.55. The maximum atomic E-state index is 13.4. The molecule has 0 radical (unpaired) electrons. The number of aryl methyl sites for hydroxylation is 1. The molecular formula is C24H24N2O2S2. The summed E-state index contributed by atoms with van der Waals surface area (Å²) in [7, 11) is 0. The number of fused-ring (bicyclic) bond motifs is 1. The van der Waals surface area contributed by atoms with Crippen LogP contribution in [-0.4, -0.2) is 11.8 Å². The van der Waals surface area contributed by atoms with E-state index in [0.29, 0.717) is 10.6 Å². The summed E-state index contributed by atoms with van der Waals surface area (Å²) >= 11 is 3.01. The van der Waals surface area contributed by atoms with Gasteiger partial charge in [-0.2, -0.15) is 0 Å². The van der Waals surface area contributed by atoms with Gasteiger partial charge in [0.25, 0.3) is 5.91 Å². The highest BCUT2D eigenvalue weighted by molar-refractivity contribution is 8.00. The van der Waals surface area contributed by atoms with Crippen molar-refractivity contribution in [3.8, 4) is 0 Å². The Hall–Kier alpha value is -2.57. The Morgan fingerprint density at radius 3 is 2.30 bits per heavy atom. The van der Waals surface area contributed by atoms with Crippen molar-refractivity contribution in [2.75, 3.05) is 5.32 Å². The second-order valence-electron chi connectivity index (χ2n) is 7.34. The van der Waals surface area contributed by atoms with Gasteiger partial charge in [-0.1, -0.05) is 55.0 Å². The van der Waals surface area contributed by atoms with Crippen molar-refractivity contribution >= 4 is 39.9 Å². The molecular weight excluding hydrogens is 412 g/mol. The number of carbonyl (C=O) groups excluding carboxylic acids is 2. The monoisotopic (exact) mass is 436 g/mol. The summed E-state index contributed by atoms with van der Waals surface area (Å²) in [6.45, 7) is 0. The number of primary amides is 1. The lowest BCUT2D eigenvalue weighted by Gasteiger charge is -2.17. The predicted octanol–water partition coefficient (Wildman–Crippen LogP) is 5.59. The van der Waals surface area contributed by atoms with E-state index < -0.39 is 11.2 Å². The van der Waals surface area contributed by atoms with Gasteiger partial charge < -0.3 is 11.1 Å². The van der Waals surface area contributed by atoms with E-state index in [1.807, 2.05) is 60.7 Å². The van der Waals surface area contributed by atoms with Gasteiger partial charge in [0.05, 0.1) is 5.56 Å². The first kappa shape index (κ1) is 20.7. The van der Waals surface area contributed by atoms with E-state index in [-0.39, 0.29) is 5.91 Å². The topological polar surface area (TPSA) is 72.2 Å². The standard InChI is InChI=1S/C24H24N2O2S2/c25-22(27)20-18-14-8-3-9-15-19(18)30-24(20)26-23(28)21(16-10-4-1-5-11-16)29-17-12-6-2-7-13-17/h1-2,4-7,10-13,21H,3,8-9,14-15H2,(H2,25,27)(H,26,28). The van der Waals surface area contributed by atoms with Crippen molar-refractivity contribution < 1.29 is 9.59 Å². The van der Waals surface area contributed by atoms with Crippen LogP contribution in [0.3, 0.4) is 0 Å². The molecule has 4 rings (SSSR count). The maximum Gasteiger partial charge on any atom is 0.251 e. The number of thioether (sulfide) groups is 1. The number of anilines is 1. The fraction of sp³-hybridized carbons (Fsp3) is 0.250. The normalized spacial score (nSPS) is 14.4. The fourth-order valence-electron chi connectivity index (χ4n) is 3.80. The summed E-state index contributed by atoms with van der Waals surface area (Å²) in [5.74, 6) is -0.606. The lowest BCUT2D eigenvalue weighted by Crippen LogP contribution is -2.21. The Morgan fingerprint density at radius 1 is 0.933 bits per heavy atom. The second kappa shape index (κ2) is 9.49. The van der Waals surface area contributed by atoms with E-state index in [0.717, 1.165) is 48.1 Å². The number of amides is 2. The molecule has 0 saturated heterocycles. The molecule has 1 aliphatic carbocycles. The largest absolute Gasteiger partial charge is 0.365 e. The quantitative estimate of drug-likeness (QED) is 0.391. The number of rotatable bonds is 6. The van der Waals surface area contributed by atoms with Gasteiger partial charge in [-0.05, 0) is 48.9 Å². The average Bonchev–Trinajstić information content (AvgIpc) is 2.94. The number of benzene rings is 2. The third kappa shape index (κ3) is 4.60. The molecule has 0 aliphatic heterocycles. The van der Waals surface area contributed by atoms with Gasteiger partial charge in [0.1, 0.15) is 10.3 Å². The van der Waals surface area contributed by atoms with Crippen LogP contribution in [0.1, 0.15) is 50.9 Å². The molecule has 1 heterocycles. The molecule has 1 aliphatic rings. The summed E-state index contributed by atoms with van der Waals surface area (Å²) in [6, 6.07) is 19.6. The smallest absolute Gasteiger partial charge is 0.251 e. The van der Waals surface area contributed by atoms with Crippen LogP contribution in [0, 0.1) is 0 Å². The molecule has 6 heteroatoms. The molecule has 3 N–H and O–H groups in total. The summed E-state index contributed by atoms with van der Waals surface area (Å²) in [4.78, 5) is 27.8. The molecule has 4 nitrogen and oxygen atoms in total. The molecule has 1 unspecified atom stereocenters. The number of nitrogens with two attached hydrogens (primary N) is 1. The number of nitrogens with one attached hydrogen (secondary N) is 1. The second-order valence-corrected chi connectivity index (χ2v) is 9.63. The zero-order valence-electron chi connectivity index (χ0n) is 16.6. The van der Waals surface area contributed by atoms with Gasteiger partial charge >= 0.3 is 0 Å². The Labute approximate surface area is 184 Å². The number of thiophene rings is 1. The molecule has 154 valence electrons. The fourth-order valence-corrected chi connectivity index (χ4v) is 6.15. The van der Waals surface area contributed by atoms with Crippen LogP contribution in [-0.2, 0) is 17.6 Å². The SMILES string of the molecule is NC(=O)c1c(NC(=O)C(Sc2ccccc2)c2ccccc2)sc2c1CCCCC2. The van der Waals surface area contributed by atoms with Crippen molar-refractivity contribution in [1.82, 2.24) is 0 Å². The Bertz CT molecular complexity index is 1030. The molecule has 2 amide bonds. The third-order valence-electron chi connectivity index (χ3n) is 5.24. The highest BCUT2D eigenvalue weighted by Gasteiger charge is 2.28. The van der Waals surface area contributed by atoms with Crippen molar-refractivity contribution in [2.45, 2.75) is 42.2 Å². The van der Waals surface area contributed by atoms with Crippen molar-refractivity contribution in [3.05, 3.63) is 82.2 Å². The van der Waals surface area contributed by atoms with Gasteiger partial charge in [-0.3, -0.25) is 9.59 Å². The minimum atomic E-state index is -0.461. The van der Waals surface area contributed by atoms with Crippen LogP contribution in [0.5, 0.6) is 0 Å². The Morgan fingerprint density at radius 2 is 1.60 bits per heavy atom. The zero-order valence-corrected chi connectivity index (χ0v) is 18.2. The van der Waals surface area contributed by atoms with E-state index in [9.17, 15) is 9.59 Å². The molecule has 0 saturated carbocycles. The van der Waals surface area contributed by atoms with Crippen molar-refractivity contribution in [2.24, 2.45) is 5.73 Å². The predicted molar refractivity (Wildman–Crippen MR) is 124 cm³/mol. The van der Waals surface area contributed by atoms with Crippen LogP contribution in [0.2, 0.25) is 0 Å². The summed E-state index contributed by atoms with van der Waals surface area (Å²) in [5.41, 5.74) is 8.19. The van der Waals surface area contributed by atoms with E-state index in [1.165, 1.54) is 28.0 Å². The highest BCUT2D eigenvalue weighted by atomic mass is 32.2. The highest BCUT2D eigenvalue weighted by Crippen LogP contribution is 2.40. The summed E-state index contributed by atoms with van der Waals surface area (Å²) in [6.07, 6.45) is 5.10. The van der Waals surface area contributed by atoms with Gasteiger partial charge in [0, 0.05) is 9.77 Å². The van der Waals surface area contributed by atoms with E-state index in [4.69, 9.17) is 5.73 Å². The van der Waals surface area contributed by atoms with Gasteiger partial charge in [-0.25, -0.2) is 0 Å². The number of hydrogen-bond acceptors (Lipinski definition) is 4. The minimum absolute atomic E-state index is 0.144. The van der Waals surface area contributed by atoms with E-state index >= 15 is 0 Å². The lowest BCUT2D eigenvalue weighted by atomic mass is 10.1. The molecule has 3 aromatic rings. The first-order valence-corrected chi connectivity index (χ1v) is 11.8. The molecule has 0 bridgehead atoms. The maximum absolute atomic E-state index is 13.4. The number of hydrogen-bond donors (Lipinski definition) is 2. The lowest BCUT2D eigenvalue weighted by molar-refractivity contribution is -0.115. The van der Waals surface area contributed by atoms with Crippen molar-refractivity contribution in [1.29, 1.82) is 0 Å². The molecule has 1 aromatic heterocycles. The zero-order chi connectivity index (χ0) is 20.9. The van der Waals surface area contributed by atoms with Crippen LogP contribution in [0.15, 0.2) is 65.6 Å². The molecule has 2 aromatic carbocycles. The summed E-state index contributed by atoms with van der Waals surface area (Å²) in [5, 5.41) is 3.20. The number of carbonyl (C=O) groups is 2. The first-order chi connectivity index (χ1) is 14.6. The molecule has 30 heavy (non-hydrogen) atoms. The van der Waals surface area contributed by atoms with E-state index in [1.54, 1.807) is 0 Å². The summed E-state index contributed by atoms with van der Waals surface area (Å²) < 4.78 is 0. The molecule has 0 fully saturated rings. The average molecular weight is 437 g/mol. The van der Waals surface area contributed by atoms with Crippen LogP contribution in [0.4, 0.5) is 5.00 Å². The molecule has 1 atom stereocenters. The van der Waals surface area contributed by atoms with Crippen molar-refractivity contribution in [3.63, 3.8) is 0 Å². The molecule has 0 spiro atoms. The first-order valence-electron chi connectivity index (χ1n) is 10.2. The minimum Gasteiger partial charge on any atom is -0.365 e. The van der Waals surface area contributed by atoms with Crippen LogP contribution >= 0.6 is 23.1 Å². The Balaban J connectivity index is 1.65. The van der Waals surface area contributed by atoms with Crippen LogP contribution < -0.4 is 11.1 Å². The van der Waals surface area contributed by atoms with Gasteiger partial charge in [0.15, 0.2) is 0 Å². The van der Waals surface area contributed by atoms with Gasteiger partial charge in [0.2, 0.25) is 5.91 Å². The van der Waals surface area contributed by atoms with Gasteiger partial charge in [-0.15, -0.1) is 23.1 Å². The third-order valence-corrected chi connectivity index (χ3v) is 7.72.